The second kappa shape index (κ2) is 9.84. The molecule has 1 heterocycles. The number of hydrogen-bond acceptors (Lipinski definition) is 5. The zero-order valence-electron chi connectivity index (χ0n) is 19.2. The molecule has 0 saturated carbocycles. The van der Waals surface area contributed by atoms with Crippen LogP contribution in [0.2, 0.25) is 0 Å². The average Bonchev–Trinajstić information content (AvgIpc) is 2.85. The first-order chi connectivity index (χ1) is 16.7. The molecule has 0 unspecified atom stereocenters. The van der Waals surface area contributed by atoms with Crippen LogP contribution in [-0.4, -0.2) is 23.1 Å². The largest absolute Gasteiger partial charge is 0.507 e. The molecular formula is C27H24F3NO4. The summed E-state index contributed by atoms with van der Waals surface area (Å²) < 4.78 is 52.7. The summed E-state index contributed by atoms with van der Waals surface area (Å²) >= 11 is 0. The van der Waals surface area contributed by atoms with Gasteiger partial charge in [0.25, 0.3) is 5.76 Å². The number of phenols is 1. The van der Waals surface area contributed by atoms with Gasteiger partial charge in [-0.2, -0.15) is 13.2 Å². The molecule has 4 aromatic rings. The average molecular weight is 483 g/mol. The van der Waals surface area contributed by atoms with Crippen molar-refractivity contribution in [3.63, 3.8) is 0 Å². The number of nitrogens with zero attached hydrogens (tertiary/aromatic N) is 1. The second-order valence-electron chi connectivity index (χ2n) is 7.98. The molecule has 0 bridgehead atoms. The minimum Gasteiger partial charge on any atom is -0.507 e. The summed E-state index contributed by atoms with van der Waals surface area (Å²) in [6.45, 7) is 5.10. The molecular weight excluding hydrogens is 459 g/mol. The number of halogens is 3. The minimum atomic E-state index is -5.00. The number of rotatable bonds is 7. The third-order valence-electron chi connectivity index (χ3n) is 5.81. The van der Waals surface area contributed by atoms with Crippen molar-refractivity contribution in [3.8, 4) is 28.4 Å². The van der Waals surface area contributed by atoms with Gasteiger partial charge in [-0.3, -0.25) is 9.69 Å². The number of benzene rings is 3. The highest BCUT2D eigenvalue weighted by molar-refractivity contribution is 5.83. The van der Waals surface area contributed by atoms with Crippen LogP contribution in [0.4, 0.5) is 13.2 Å². The van der Waals surface area contributed by atoms with Crippen LogP contribution < -0.4 is 10.2 Å². The van der Waals surface area contributed by atoms with Crippen LogP contribution in [0.5, 0.6) is 17.2 Å². The Labute approximate surface area is 200 Å². The molecule has 4 rings (SSSR count). The Hall–Kier alpha value is -3.78. The minimum absolute atomic E-state index is 0.0592. The fourth-order valence-electron chi connectivity index (χ4n) is 3.85. The molecule has 0 spiro atoms. The summed E-state index contributed by atoms with van der Waals surface area (Å²) in [6.07, 6.45) is -5.00. The number of alkyl halides is 3. The Morgan fingerprint density at radius 2 is 1.54 bits per heavy atom. The van der Waals surface area contributed by atoms with E-state index in [1.165, 1.54) is 24.3 Å². The normalized spacial score (nSPS) is 11.8. The van der Waals surface area contributed by atoms with Crippen molar-refractivity contribution >= 4 is 11.0 Å². The quantitative estimate of drug-likeness (QED) is 0.313. The first-order valence-electron chi connectivity index (χ1n) is 11.2. The van der Waals surface area contributed by atoms with Gasteiger partial charge in [-0.25, -0.2) is 0 Å². The third-order valence-corrected chi connectivity index (χ3v) is 5.81. The molecule has 0 saturated heterocycles. The highest BCUT2D eigenvalue weighted by Crippen LogP contribution is 2.40. The van der Waals surface area contributed by atoms with Gasteiger partial charge in [-0.1, -0.05) is 56.3 Å². The first kappa shape index (κ1) is 24.3. The molecule has 182 valence electrons. The zero-order valence-corrected chi connectivity index (χ0v) is 19.2. The van der Waals surface area contributed by atoms with E-state index in [1.54, 1.807) is 12.1 Å². The molecule has 3 aromatic carbocycles. The maximum atomic E-state index is 14.0. The fraction of sp³-hybridized carbons (Fsp3) is 0.222. The predicted molar refractivity (Wildman–Crippen MR) is 128 cm³/mol. The molecule has 0 radical (unpaired) electrons. The van der Waals surface area contributed by atoms with Gasteiger partial charge in [0.05, 0.1) is 10.9 Å². The van der Waals surface area contributed by atoms with E-state index in [1.807, 2.05) is 49.1 Å². The van der Waals surface area contributed by atoms with Crippen molar-refractivity contribution in [1.82, 2.24) is 4.90 Å². The van der Waals surface area contributed by atoms with Crippen molar-refractivity contribution in [2.75, 3.05) is 13.1 Å². The van der Waals surface area contributed by atoms with Crippen LogP contribution in [0.3, 0.4) is 0 Å². The number of aromatic hydroxyl groups is 1. The summed E-state index contributed by atoms with van der Waals surface area (Å²) in [4.78, 5) is 15.1. The molecule has 0 aliphatic heterocycles. The summed E-state index contributed by atoms with van der Waals surface area (Å²) in [5.74, 6) is -2.68. The smallest absolute Gasteiger partial charge is 0.453 e. The van der Waals surface area contributed by atoms with Gasteiger partial charge >= 0.3 is 6.18 Å². The molecule has 1 N–H and O–H groups in total. The van der Waals surface area contributed by atoms with Gasteiger partial charge in [0.2, 0.25) is 11.2 Å². The zero-order chi connectivity index (χ0) is 25.2. The lowest BCUT2D eigenvalue weighted by Gasteiger charge is -2.20. The standard InChI is InChI=1S/C27H24F3NO4/c1-3-31(4-2)16-21-22(32)15-14-20-23(33)25(26(27(28,29)30)35-24(20)21)34-19-12-10-18(11-13-19)17-8-6-5-7-9-17/h5-15,32H,3-4,16H2,1-2H3. The molecule has 5 nitrogen and oxygen atoms in total. The van der Waals surface area contributed by atoms with E-state index in [4.69, 9.17) is 9.15 Å². The van der Waals surface area contributed by atoms with E-state index < -0.39 is 23.1 Å². The number of ether oxygens (including phenoxy) is 1. The van der Waals surface area contributed by atoms with Crippen molar-refractivity contribution in [3.05, 3.63) is 88.3 Å². The van der Waals surface area contributed by atoms with Gasteiger partial charge in [0.1, 0.15) is 17.1 Å². The van der Waals surface area contributed by atoms with Crippen molar-refractivity contribution in [2.24, 2.45) is 0 Å². The third kappa shape index (κ3) is 5.02. The molecule has 0 atom stereocenters. The fourth-order valence-corrected chi connectivity index (χ4v) is 3.85. The monoisotopic (exact) mass is 483 g/mol. The van der Waals surface area contributed by atoms with Crippen LogP contribution in [0.15, 0.2) is 75.9 Å². The van der Waals surface area contributed by atoms with Gasteiger partial charge in [-0.15, -0.1) is 0 Å². The summed E-state index contributed by atoms with van der Waals surface area (Å²) in [5.41, 5.74) is 0.622. The van der Waals surface area contributed by atoms with Gasteiger partial charge in [-0.05, 0) is 48.5 Å². The number of hydrogen-bond donors (Lipinski definition) is 1. The Morgan fingerprint density at radius 1 is 0.914 bits per heavy atom. The Balaban J connectivity index is 1.81. The van der Waals surface area contributed by atoms with Gasteiger partial charge < -0.3 is 14.3 Å². The van der Waals surface area contributed by atoms with Gasteiger partial charge in [0.15, 0.2) is 0 Å². The van der Waals surface area contributed by atoms with Gasteiger partial charge in [0, 0.05) is 6.54 Å². The molecule has 0 aliphatic carbocycles. The summed E-state index contributed by atoms with van der Waals surface area (Å²) in [5, 5.41) is 10.3. The van der Waals surface area contributed by atoms with E-state index >= 15 is 0 Å². The first-order valence-corrected chi connectivity index (χ1v) is 11.2. The Morgan fingerprint density at radius 3 is 2.14 bits per heavy atom. The van der Waals surface area contributed by atoms with Crippen LogP contribution in [0.25, 0.3) is 22.1 Å². The van der Waals surface area contributed by atoms with E-state index in [0.717, 1.165) is 11.1 Å². The van der Waals surface area contributed by atoms with E-state index in [0.29, 0.717) is 13.1 Å². The topological polar surface area (TPSA) is 62.9 Å². The lowest BCUT2D eigenvalue weighted by Crippen LogP contribution is -2.23. The number of phenolic OH excluding ortho intramolecular Hbond substituents is 1. The maximum absolute atomic E-state index is 14.0. The lowest BCUT2D eigenvalue weighted by atomic mass is 10.1. The summed E-state index contributed by atoms with van der Waals surface area (Å²) in [6, 6.07) is 18.3. The van der Waals surface area contributed by atoms with Crippen LogP contribution >= 0.6 is 0 Å². The molecule has 1 aromatic heterocycles. The Kier molecular flexibility index (Phi) is 6.84. The highest BCUT2D eigenvalue weighted by Gasteiger charge is 2.41. The van der Waals surface area contributed by atoms with E-state index in [2.05, 4.69) is 0 Å². The molecule has 35 heavy (non-hydrogen) atoms. The molecule has 0 aliphatic rings. The highest BCUT2D eigenvalue weighted by atomic mass is 19.4. The van der Waals surface area contributed by atoms with E-state index in [-0.39, 0.29) is 34.6 Å². The van der Waals surface area contributed by atoms with Crippen molar-refractivity contribution in [2.45, 2.75) is 26.6 Å². The van der Waals surface area contributed by atoms with E-state index in [9.17, 15) is 23.1 Å². The SMILES string of the molecule is CCN(CC)Cc1c(O)ccc2c(=O)c(Oc3ccc(-c4ccccc4)cc3)c(C(F)(F)F)oc12. The molecule has 8 heteroatoms. The predicted octanol–water partition coefficient (Wildman–Crippen LogP) is 6.82. The van der Waals surface area contributed by atoms with Crippen molar-refractivity contribution < 1.29 is 27.4 Å². The van der Waals surface area contributed by atoms with Crippen LogP contribution in [0.1, 0.15) is 25.2 Å². The molecule has 0 amide bonds. The number of fused-ring (bicyclic) bond motifs is 1. The van der Waals surface area contributed by atoms with Crippen molar-refractivity contribution in [1.29, 1.82) is 0 Å². The second-order valence-corrected chi connectivity index (χ2v) is 7.98. The molecule has 0 fully saturated rings. The van der Waals surface area contributed by atoms with Crippen LogP contribution in [-0.2, 0) is 12.7 Å². The van der Waals surface area contributed by atoms with Crippen LogP contribution in [0, 0.1) is 0 Å². The summed E-state index contributed by atoms with van der Waals surface area (Å²) in [7, 11) is 0. The maximum Gasteiger partial charge on any atom is 0.453 e. The lowest BCUT2D eigenvalue weighted by molar-refractivity contribution is -0.154. The Bertz CT molecular complexity index is 1380.